The molecular weight excluding hydrogens is 621 g/mol. The van der Waals surface area contributed by atoms with Crippen LogP contribution in [0.3, 0.4) is 0 Å². The second-order valence-corrected chi connectivity index (χ2v) is 13.8. The molecule has 0 radical (unpaired) electrons. The lowest BCUT2D eigenvalue weighted by molar-refractivity contribution is -0.117. The smallest absolute Gasteiger partial charge is 0.224 e. The van der Waals surface area contributed by atoms with E-state index in [0.29, 0.717) is 68.4 Å². The van der Waals surface area contributed by atoms with Crippen molar-refractivity contribution in [3.8, 4) is 33.9 Å². The molecule has 5 aromatic heterocycles. The third kappa shape index (κ3) is 6.88. The van der Waals surface area contributed by atoms with Crippen molar-refractivity contribution in [3.05, 3.63) is 72.6 Å². The number of carbonyl (C=O) groups is 1. The molecule has 1 amide bonds. The monoisotopic (exact) mass is 653 g/mol. The van der Waals surface area contributed by atoms with Gasteiger partial charge in [-0.3, -0.25) is 19.9 Å². The zero-order valence-corrected chi connectivity index (χ0v) is 26.4. The standard InChI is InChI=1S/C33H32FN9O3S/c1-47(45,46)38-15-20-9-21(12-24(34)10-20)29-31-27(7-8-36-29)40-33(41-31)30-26-14-23(17-37-32(26)43-42-30)22-13-25(18-35-16-22)39-28(44)11-19-5-3-2-4-6-19/h7-10,12-14,16-19,38H,2-6,11,15H2,1H3,(H,39,44)(H,40,41)(H,37,42,43). The molecule has 47 heavy (non-hydrogen) atoms. The number of aromatic amines is 2. The molecule has 1 aliphatic carbocycles. The molecule has 7 rings (SSSR count). The Bertz CT molecular complexity index is 2230. The van der Waals surface area contributed by atoms with E-state index in [1.54, 1.807) is 36.9 Å². The summed E-state index contributed by atoms with van der Waals surface area (Å²) in [5.41, 5.74) is 5.75. The van der Waals surface area contributed by atoms with Crippen molar-refractivity contribution in [3.63, 3.8) is 0 Å². The largest absolute Gasteiger partial charge is 0.336 e. The first-order chi connectivity index (χ1) is 22.7. The predicted octanol–water partition coefficient (Wildman–Crippen LogP) is 5.72. The van der Waals surface area contributed by atoms with Crippen LogP contribution in [-0.2, 0) is 21.4 Å². The van der Waals surface area contributed by atoms with Gasteiger partial charge in [0.05, 0.1) is 34.7 Å². The van der Waals surface area contributed by atoms with E-state index in [1.807, 2.05) is 12.1 Å². The number of nitrogens with one attached hydrogen (secondary N) is 4. The van der Waals surface area contributed by atoms with Gasteiger partial charge in [-0.25, -0.2) is 27.5 Å². The van der Waals surface area contributed by atoms with Gasteiger partial charge in [0.25, 0.3) is 0 Å². The molecule has 0 unspecified atom stereocenters. The van der Waals surface area contributed by atoms with Crippen molar-refractivity contribution < 1.29 is 17.6 Å². The predicted molar refractivity (Wildman–Crippen MR) is 177 cm³/mol. The van der Waals surface area contributed by atoms with Crippen LogP contribution < -0.4 is 10.0 Å². The molecule has 240 valence electrons. The molecule has 1 aliphatic rings. The van der Waals surface area contributed by atoms with Gasteiger partial charge in [-0.05, 0) is 60.7 Å². The van der Waals surface area contributed by atoms with Gasteiger partial charge in [0.2, 0.25) is 15.9 Å². The van der Waals surface area contributed by atoms with E-state index in [9.17, 15) is 17.6 Å². The summed E-state index contributed by atoms with van der Waals surface area (Å²) < 4.78 is 40.2. The van der Waals surface area contributed by atoms with Crippen LogP contribution in [0.5, 0.6) is 0 Å². The first kappa shape index (κ1) is 30.6. The fraction of sp³-hybridized carbons (Fsp3) is 0.273. The maximum Gasteiger partial charge on any atom is 0.224 e. The molecule has 1 saturated carbocycles. The minimum Gasteiger partial charge on any atom is -0.336 e. The number of rotatable bonds is 9. The summed E-state index contributed by atoms with van der Waals surface area (Å²) in [6.45, 7) is -0.0642. The molecule has 4 N–H and O–H groups in total. The minimum atomic E-state index is -3.46. The SMILES string of the molecule is CS(=O)(=O)NCc1cc(F)cc(-c2nccc3[nH]c(-c4n[nH]c5ncc(-c6cncc(NC(=O)CC7CCCCC7)c6)cc45)nc23)c1. The van der Waals surface area contributed by atoms with Crippen LogP contribution in [0.25, 0.3) is 56.0 Å². The van der Waals surface area contributed by atoms with Crippen LogP contribution in [0.2, 0.25) is 0 Å². The number of hydrogen-bond donors (Lipinski definition) is 4. The summed E-state index contributed by atoms with van der Waals surface area (Å²) in [6.07, 6.45) is 14.1. The van der Waals surface area contributed by atoms with Crippen LogP contribution in [0.15, 0.2) is 61.2 Å². The number of sulfonamides is 1. The number of amides is 1. The van der Waals surface area contributed by atoms with Crippen LogP contribution in [0.4, 0.5) is 10.1 Å². The number of nitrogens with zero attached hydrogens (tertiary/aromatic N) is 5. The lowest BCUT2D eigenvalue weighted by atomic mass is 9.87. The number of anilines is 1. The normalized spacial score (nSPS) is 14.2. The third-order valence-corrected chi connectivity index (χ3v) is 9.03. The number of hydrogen-bond acceptors (Lipinski definition) is 8. The first-order valence-corrected chi connectivity index (χ1v) is 17.3. The highest BCUT2D eigenvalue weighted by molar-refractivity contribution is 7.88. The molecule has 1 fully saturated rings. The summed E-state index contributed by atoms with van der Waals surface area (Å²) in [5, 5.41) is 11.2. The highest BCUT2D eigenvalue weighted by Gasteiger charge is 2.19. The maximum atomic E-state index is 14.6. The van der Waals surface area contributed by atoms with E-state index in [4.69, 9.17) is 4.98 Å². The molecule has 12 nitrogen and oxygen atoms in total. The van der Waals surface area contributed by atoms with E-state index in [-0.39, 0.29) is 12.5 Å². The molecule has 0 saturated heterocycles. The Balaban J connectivity index is 1.18. The van der Waals surface area contributed by atoms with Crippen molar-refractivity contribution >= 4 is 43.7 Å². The van der Waals surface area contributed by atoms with Gasteiger partial charge in [-0.2, -0.15) is 5.10 Å². The van der Waals surface area contributed by atoms with Crippen molar-refractivity contribution in [2.75, 3.05) is 11.6 Å². The van der Waals surface area contributed by atoms with Gasteiger partial charge in [0, 0.05) is 48.2 Å². The third-order valence-electron chi connectivity index (χ3n) is 8.37. The van der Waals surface area contributed by atoms with Crippen molar-refractivity contribution in [2.24, 2.45) is 5.92 Å². The summed E-state index contributed by atoms with van der Waals surface area (Å²) in [4.78, 5) is 34.2. The Labute approximate surface area is 269 Å². The quantitative estimate of drug-likeness (QED) is 0.153. The van der Waals surface area contributed by atoms with E-state index < -0.39 is 15.8 Å². The summed E-state index contributed by atoms with van der Waals surface area (Å²) >= 11 is 0. The van der Waals surface area contributed by atoms with Crippen molar-refractivity contribution in [2.45, 2.75) is 45.1 Å². The van der Waals surface area contributed by atoms with Crippen LogP contribution in [-0.4, -0.2) is 55.7 Å². The molecule has 0 atom stereocenters. The number of H-pyrrole nitrogens is 2. The Hall–Kier alpha value is -5.08. The van der Waals surface area contributed by atoms with Crippen LogP contribution >= 0.6 is 0 Å². The molecule has 14 heteroatoms. The topological polar surface area (TPSA) is 171 Å². The maximum absolute atomic E-state index is 14.6. The van der Waals surface area contributed by atoms with Gasteiger partial charge in [0.15, 0.2) is 11.5 Å². The number of pyridine rings is 3. The Kier molecular flexibility index (Phi) is 8.20. The highest BCUT2D eigenvalue weighted by atomic mass is 32.2. The van der Waals surface area contributed by atoms with Crippen LogP contribution in [0.1, 0.15) is 44.1 Å². The van der Waals surface area contributed by atoms with E-state index in [2.05, 4.69) is 40.2 Å². The van der Waals surface area contributed by atoms with Gasteiger partial charge in [0.1, 0.15) is 17.0 Å². The lowest BCUT2D eigenvalue weighted by Crippen LogP contribution is -2.21. The fourth-order valence-corrected chi connectivity index (χ4v) is 6.56. The number of fused-ring (bicyclic) bond motifs is 2. The molecular formula is C33H32FN9O3S. The van der Waals surface area contributed by atoms with E-state index in [1.165, 1.54) is 31.4 Å². The second kappa shape index (κ2) is 12.6. The molecule has 0 spiro atoms. The average molecular weight is 654 g/mol. The summed E-state index contributed by atoms with van der Waals surface area (Å²) in [6, 6.07) is 9.87. The molecule has 0 aliphatic heterocycles. The lowest BCUT2D eigenvalue weighted by Gasteiger charge is -2.20. The summed E-state index contributed by atoms with van der Waals surface area (Å²) in [5.74, 6) is 0.366. The highest BCUT2D eigenvalue weighted by Crippen LogP contribution is 2.33. The molecule has 6 aromatic rings. The number of aromatic nitrogens is 7. The van der Waals surface area contributed by atoms with Crippen molar-refractivity contribution in [1.82, 2.24) is 39.8 Å². The Morgan fingerprint density at radius 1 is 0.979 bits per heavy atom. The summed E-state index contributed by atoms with van der Waals surface area (Å²) in [7, 11) is -3.46. The molecule has 5 heterocycles. The zero-order valence-electron chi connectivity index (χ0n) is 25.5. The van der Waals surface area contributed by atoms with E-state index in [0.717, 1.165) is 30.2 Å². The van der Waals surface area contributed by atoms with Gasteiger partial charge >= 0.3 is 0 Å². The Morgan fingerprint density at radius 3 is 2.64 bits per heavy atom. The zero-order chi connectivity index (χ0) is 32.5. The van der Waals surface area contributed by atoms with E-state index >= 15 is 0 Å². The number of imidazole rings is 1. The average Bonchev–Trinajstić information content (AvgIpc) is 3.68. The van der Waals surface area contributed by atoms with Gasteiger partial charge < -0.3 is 10.3 Å². The number of halogens is 1. The fourth-order valence-electron chi connectivity index (χ4n) is 6.14. The second-order valence-electron chi connectivity index (χ2n) is 12.0. The first-order valence-electron chi connectivity index (χ1n) is 15.4. The number of benzene rings is 1. The Morgan fingerprint density at radius 2 is 1.81 bits per heavy atom. The minimum absolute atomic E-state index is 0.000304. The van der Waals surface area contributed by atoms with Gasteiger partial charge in [-0.1, -0.05) is 19.3 Å². The molecule has 0 bridgehead atoms. The molecule has 1 aromatic carbocycles. The number of carbonyl (C=O) groups excluding carboxylic acids is 1. The van der Waals surface area contributed by atoms with Gasteiger partial charge in [-0.15, -0.1) is 0 Å². The van der Waals surface area contributed by atoms with Crippen LogP contribution in [0, 0.1) is 11.7 Å². The van der Waals surface area contributed by atoms with Crippen molar-refractivity contribution in [1.29, 1.82) is 0 Å².